The summed E-state index contributed by atoms with van der Waals surface area (Å²) in [4.78, 5) is 17.3. The van der Waals surface area contributed by atoms with E-state index in [-0.39, 0.29) is 5.91 Å². The number of amides is 1. The average Bonchev–Trinajstić information content (AvgIpc) is 2.82. The van der Waals surface area contributed by atoms with Gasteiger partial charge >= 0.3 is 0 Å². The Bertz CT molecular complexity index is 329. The average molecular weight is 238 g/mol. The molecule has 0 saturated carbocycles. The maximum absolute atomic E-state index is 11.5. The lowest BCUT2D eigenvalue weighted by Gasteiger charge is -2.34. The highest BCUT2D eigenvalue weighted by Gasteiger charge is 2.19. The second kappa shape index (κ2) is 5.46. The first-order chi connectivity index (χ1) is 7.79. The van der Waals surface area contributed by atoms with Gasteiger partial charge in [0.1, 0.15) is 0 Å². The zero-order chi connectivity index (χ0) is 11.4. The summed E-state index contributed by atoms with van der Waals surface area (Å²) < 4.78 is 0. The standard InChI is InChI=1S/C12H18N2OS/c1-2-12(15)14-7-5-13(6-8-14)10-11-4-3-9-16-11/h3-4,9H,2,5-8,10H2,1H3. The molecule has 0 atom stereocenters. The molecule has 1 aromatic rings. The largest absolute Gasteiger partial charge is 0.340 e. The van der Waals surface area contributed by atoms with Crippen LogP contribution in [0.15, 0.2) is 17.5 Å². The van der Waals surface area contributed by atoms with E-state index in [1.54, 1.807) is 11.3 Å². The van der Waals surface area contributed by atoms with E-state index in [4.69, 9.17) is 0 Å². The van der Waals surface area contributed by atoms with E-state index in [2.05, 4.69) is 22.4 Å². The van der Waals surface area contributed by atoms with Crippen LogP contribution in [0.25, 0.3) is 0 Å². The molecule has 2 heterocycles. The molecule has 0 unspecified atom stereocenters. The Kier molecular flexibility index (Phi) is 3.96. The molecule has 16 heavy (non-hydrogen) atoms. The Hall–Kier alpha value is -0.870. The molecule has 88 valence electrons. The van der Waals surface area contributed by atoms with Crippen LogP contribution in [-0.4, -0.2) is 41.9 Å². The molecule has 1 fully saturated rings. The fourth-order valence-corrected chi connectivity index (χ4v) is 2.75. The predicted octanol–water partition coefficient (Wildman–Crippen LogP) is 1.80. The van der Waals surface area contributed by atoms with Gasteiger partial charge in [-0.1, -0.05) is 13.0 Å². The van der Waals surface area contributed by atoms with Crippen molar-refractivity contribution in [1.82, 2.24) is 9.80 Å². The van der Waals surface area contributed by atoms with Gasteiger partial charge < -0.3 is 4.90 Å². The third-order valence-electron chi connectivity index (χ3n) is 2.99. The maximum Gasteiger partial charge on any atom is 0.222 e. The summed E-state index contributed by atoms with van der Waals surface area (Å²) in [6.45, 7) is 6.75. The summed E-state index contributed by atoms with van der Waals surface area (Å²) in [7, 11) is 0. The molecule has 1 aliphatic heterocycles. The van der Waals surface area contributed by atoms with Crippen LogP contribution >= 0.6 is 11.3 Å². The van der Waals surface area contributed by atoms with Gasteiger partial charge in [-0.25, -0.2) is 0 Å². The van der Waals surface area contributed by atoms with Crippen molar-refractivity contribution < 1.29 is 4.79 Å². The molecular weight excluding hydrogens is 220 g/mol. The van der Waals surface area contributed by atoms with E-state index in [0.717, 1.165) is 32.7 Å². The molecule has 0 spiro atoms. The highest BCUT2D eigenvalue weighted by Crippen LogP contribution is 2.13. The lowest BCUT2D eigenvalue weighted by Crippen LogP contribution is -2.48. The van der Waals surface area contributed by atoms with Crippen LogP contribution in [0.5, 0.6) is 0 Å². The Morgan fingerprint density at radius 3 is 2.69 bits per heavy atom. The maximum atomic E-state index is 11.5. The van der Waals surface area contributed by atoms with E-state index in [1.165, 1.54) is 4.88 Å². The van der Waals surface area contributed by atoms with E-state index in [9.17, 15) is 4.79 Å². The van der Waals surface area contributed by atoms with E-state index in [1.807, 2.05) is 11.8 Å². The molecule has 1 saturated heterocycles. The number of carbonyl (C=O) groups excluding carboxylic acids is 1. The van der Waals surface area contributed by atoms with Crippen LogP contribution < -0.4 is 0 Å². The summed E-state index contributed by atoms with van der Waals surface area (Å²) in [5.41, 5.74) is 0. The zero-order valence-electron chi connectivity index (χ0n) is 9.69. The first-order valence-electron chi connectivity index (χ1n) is 5.82. The van der Waals surface area contributed by atoms with Gasteiger partial charge in [0, 0.05) is 44.0 Å². The molecule has 1 aromatic heterocycles. The predicted molar refractivity (Wildman–Crippen MR) is 66.5 cm³/mol. The van der Waals surface area contributed by atoms with Crippen molar-refractivity contribution in [2.75, 3.05) is 26.2 Å². The van der Waals surface area contributed by atoms with Crippen molar-refractivity contribution in [1.29, 1.82) is 0 Å². The fraction of sp³-hybridized carbons (Fsp3) is 0.583. The molecule has 1 aliphatic rings. The summed E-state index contributed by atoms with van der Waals surface area (Å²) in [6.07, 6.45) is 0.630. The van der Waals surface area contributed by atoms with Crippen molar-refractivity contribution >= 4 is 17.2 Å². The Labute approximate surface area is 101 Å². The van der Waals surface area contributed by atoms with Crippen LogP contribution in [0.4, 0.5) is 0 Å². The van der Waals surface area contributed by atoms with Gasteiger partial charge in [0.25, 0.3) is 0 Å². The molecule has 0 N–H and O–H groups in total. The molecule has 0 aromatic carbocycles. The molecule has 0 aliphatic carbocycles. The Balaban J connectivity index is 1.79. The number of carbonyl (C=O) groups is 1. The third-order valence-corrected chi connectivity index (χ3v) is 3.85. The van der Waals surface area contributed by atoms with Gasteiger partial charge in [0.05, 0.1) is 0 Å². The fourth-order valence-electron chi connectivity index (χ4n) is 2.00. The lowest BCUT2D eigenvalue weighted by atomic mass is 10.3. The summed E-state index contributed by atoms with van der Waals surface area (Å²) in [5, 5.41) is 2.12. The van der Waals surface area contributed by atoms with Crippen LogP contribution in [0.3, 0.4) is 0 Å². The molecule has 2 rings (SSSR count). The van der Waals surface area contributed by atoms with Gasteiger partial charge in [0.15, 0.2) is 0 Å². The first-order valence-corrected chi connectivity index (χ1v) is 6.70. The monoisotopic (exact) mass is 238 g/mol. The van der Waals surface area contributed by atoms with E-state index < -0.39 is 0 Å². The second-order valence-corrected chi connectivity index (χ2v) is 5.12. The topological polar surface area (TPSA) is 23.6 Å². The van der Waals surface area contributed by atoms with E-state index >= 15 is 0 Å². The van der Waals surface area contributed by atoms with Gasteiger partial charge in [-0.3, -0.25) is 9.69 Å². The quantitative estimate of drug-likeness (QED) is 0.801. The van der Waals surface area contributed by atoms with Gasteiger partial charge in [-0.2, -0.15) is 0 Å². The number of piperazine rings is 1. The van der Waals surface area contributed by atoms with Crippen LogP contribution in [0, 0.1) is 0 Å². The SMILES string of the molecule is CCC(=O)N1CCN(Cc2cccs2)CC1. The number of rotatable bonds is 3. The van der Waals surface area contributed by atoms with Crippen molar-refractivity contribution in [3.63, 3.8) is 0 Å². The molecule has 0 radical (unpaired) electrons. The van der Waals surface area contributed by atoms with Gasteiger partial charge in [-0.05, 0) is 11.4 Å². The minimum atomic E-state index is 0.288. The van der Waals surface area contributed by atoms with Crippen LogP contribution in [-0.2, 0) is 11.3 Å². The Morgan fingerprint density at radius 1 is 1.38 bits per heavy atom. The molecular formula is C12H18N2OS. The lowest BCUT2D eigenvalue weighted by molar-refractivity contribution is -0.132. The zero-order valence-corrected chi connectivity index (χ0v) is 10.5. The highest BCUT2D eigenvalue weighted by molar-refractivity contribution is 7.09. The van der Waals surface area contributed by atoms with Crippen molar-refractivity contribution in [3.8, 4) is 0 Å². The number of thiophene rings is 1. The first kappa shape index (κ1) is 11.6. The molecule has 0 bridgehead atoms. The van der Waals surface area contributed by atoms with Crippen molar-refractivity contribution in [2.45, 2.75) is 19.9 Å². The van der Waals surface area contributed by atoms with Gasteiger partial charge in [0.2, 0.25) is 5.91 Å². The molecule has 4 heteroatoms. The van der Waals surface area contributed by atoms with Gasteiger partial charge in [-0.15, -0.1) is 11.3 Å². The van der Waals surface area contributed by atoms with Crippen molar-refractivity contribution in [3.05, 3.63) is 22.4 Å². The second-order valence-electron chi connectivity index (χ2n) is 4.09. The minimum Gasteiger partial charge on any atom is -0.340 e. The number of hydrogen-bond acceptors (Lipinski definition) is 3. The Morgan fingerprint density at radius 2 is 2.12 bits per heavy atom. The number of hydrogen-bond donors (Lipinski definition) is 0. The molecule has 1 amide bonds. The highest BCUT2D eigenvalue weighted by atomic mass is 32.1. The number of nitrogens with zero attached hydrogens (tertiary/aromatic N) is 2. The van der Waals surface area contributed by atoms with Crippen molar-refractivity contribution in [2.24, 2.45) is 0 Å². The normalized spacial score (nSPS) is 17.7. The summed E-state index contributed by atoms with van der Waals surface area (Å²) in [6, 6.07) is 4.27. The third kappa shape index (κ3) is 2.83. The van der Waals surface area contributed by atoms with Crippen LogP contribution in [0.2, 0.25) is 0 Å². The summed E-state index contributed by atoms with van der Waals surface area (Å²) in [5.74, 6) is 0.288. The smallest absolute Gasteiger partial charge is 0.222 e. The molecule has 3 nitrogen and oxygen atoms in total. The minimum absolute atomic E-state index is 0.288. The summed E-state index contributed by atoms with van der Waals surface area (Å²) >= 11 is 1.81. The van der Waals surface area contributed by atoms with Crippen LogP contribution in [0.1, 0.15) is 18.2 Å². The van der Waals surface area contributed by atoms with E-state index in [0.29, 0.717) is 6.42 Å².